The van der Waals surface area contributed by atoms with Crippen molar-refractivity contribution in [2.45, 2.75) is 0 Å². The first-order valence-corrected chi connectivity index (χ1v) is 3.50. The van der Waals surface area contributed by atoms with Gasteiger partial charge in [0.25, 0.3) is 5.91 Å². The van der Waals surface area contributed by atoms with E-state index in [-0.39, 0.29) is 13.2 Å². The number of aliphatic hydroxyl groups excluding tert-OH is 3. The molecule has 0 saturated heterocycles. The molecule has 4 N–H and O–H groups in total. The molecule has 0 aliphatic rings. The van der Waals surface area contributed by atoms with Gasteiger partial charge in [-0.25, -0.2) is 5.48 Å². The summed E-state index contributed by atoms with van der Waals surface area (Å²) in [5.74, 6) is -1.47. The predicted octanol–water partition coefficient (Wildman–Crippen LogP) is -2.37. The van der Waals surface area contributed by atoms with Crippen molar-refractivity contribution in [1.82, 2.24) is 5.48 Å². The van der Waals surface area contributed by atoms with Crippen LogP contribution >= 0.6 is 0 Å². The van der Waals surface area contributed by atoms with E-state index in [4.69, 9.17) is 15.3 Å². The van der Waals surface area contributed by atoms with Crippen LogP contribution in [0.4, 0.5) is 0 Å². The number of hydroxylamine groups is 1. The largest absolute Gasteiger partial charge is 0.395 e. The number of hydrogen-bond donors (Lipinski definition) is 4. The molecule has 0 rings (SSSR count). The Morgan fingerprint density at radius 3 is 2.33 bits per heavy atom. The zero-order valence-corrected chi connectivity index (χ0v) is 6.56. The normalized spacial score (nSPS) is 10.3. The second kappa shape index (κ2) is 6.99. The molecule has 72 valence electrons. The summed E-state index contributed by atoms with van der Waals surface area (Å²) < 4.78 is 0. The Balaban J connectivity index is 3.54. The van der Waals surface area contributed by atoms with Crippen molar-refractivity contribution in [2.24, 2.45) is 5.92 Å². The number of nitrogens with one attached hydrogen (secondary N) is 1. The smallest absolute Gasteiger partial charge is 0.251 e. The number of aliphatic hydroxyl groups is 3. The maximum absolute atomic E-state index is 10.8. The molecule has 6 nitrogen and oxygen atoms in total. The lowest BCUT2D eigenvalue weighted by atomic mass is 10.2. The third-order valence-electron chi connectivity index (χ3n) is 1.18. The fourth-order valence-corrected chi connectivity index (χ4v) is 0.475. The lowest BCUT2D eigenvalue weighted by Crippen LogP contribution is -2.35. The Labute approximate surface area is 69.7 Å². The Kier molecular flexibility index (Phi) is 6.58. The first-order chi connectivity index (χ1) is 5.76. The third kappa shape index (κ3) is 4.24. The van der Waals surface area contributed by atoms with Gasteiger partial charge in [-0.05, 0) is 0 Å². The van der Waals surface area contributed by atoms with Gasteiger partial charge in [0.15, 0.2) is 0 Å². The Hall–Kier alpha value is -0.690. The highest BCUT2D eigenvalue weighted by atomic mass is 16.7. The Morgan fingerprint density at radius 1 is 1.33 bits per heavy atom. The van der Waals surface area contributed by atoms with Crippen molar-refractivity contribution in [3.63, 3.8) is 0 Å². The second-order valence-electron chi connectivity index (χ2n) is 2.10. The van der Waals surface area contributed by atoms with Crippen molar-refractivity contribution < 1.29 is 25.0 Å². The summed E-state index contributed by atoms with van der Waals surface area (Å²) in [5, 5.41) is 25.3. The van der Waals surface area contributed by atoms with Crippen molar-refractivity contribution >= 4 is 5.91 Å². The van der Waals surface area contributed by atoms with Crippen LogP contribution in [0.15, 0.2) is 0 Å². The first kappa shape index (κ1) is 11.3. The first-order valence-electron chi connectivity index (χ1n) is 3.50. The van der Waals surface area contributed by atoms with Crippen LogP contribution in [0.1, 0.15) is 0 Å². The van der Waals surface area contributed by atoms with E-state index in [0.717, 1.165) is 0 Å². The van der Waals surface area contributed by atoms with E-state index in [2.05, 4.69) is 4.84 Å². The van der Waals surface area contributed by atoms with Crippen molar-refractivity contribution in [3.8, 4) is 0 Å². The molecule has 0 aromatic carbocycles. The summed E-state index contributed by atoms with van der Waals surface area (Å²) in [6.07, 6.45) is 0. The quantitative estimate of drug-likeness (QED) is 0.270. The highest BCUT2D eigenvalue weighted by Gasteiger charge is 2.15. The number of hydrogen-bond acceptors (Lipinski definition) is 5. The van der Waals surface area contributed by atoms with Crippen LogP contribution in [0.2, 0.25) is 0 Å². The Morgan fingerprint density at radius 2 is 1.92 bits per heavy atom. The molecule has 0 radical (unpaired) electrons. The van der Waals surface area contributed by atoms with Gasteiger partial charge < -0.3 is 15.3 Å². The van der Waals surface area contributed by atoms with E-state index < -0.39 is 25.0 Å². The predicted molar refractivity (Wildman–Crippen MR) is 38.8 cm³/mol. The molecule has 0 saturated carbocycles. The average molecular weight is 179 g/mol. The van der Waals surface area contributed by atoms with Crippen molar-refractivity contribution in [3.05, 3.63) is 0 Å². The molecule has 0 aromatic rings. The number of carbonyl (C=O) groups is 1. The van der Waals surface area contributed by atoms with Crippen LogP contribution in [0.5, 0.6) is 0 Å². The summed E-state index contributed by atoms with van der Waals surface area (Å²) >= 11 is 0. The lowest BCUT2D eigenvalue weighted by molar-refractivity contribution is -0.141. The number of amides is 1. The van der Waals surface area contributed by atoms with Crippen molar-refractivity contribution in [1.29, 1.82) is 0 Å². The SMILES string of the molecule is O=C(NOCCO)C(CO)CO. The molecule has 1 amide bonds. The monoisotopic (exact) mass is 179 g/mol. The summed E-state index contributed by atoms with van der Waals surface area (Å²) in [4.78, 5) is 15.3. The van der Waals surface area contributed by atoms with Gasteiger partial charge in [-0.3, -0.25) is 9.63 Å². The zero-order chi connectivity index (χ0) is 9.40. The highest BCUT2D eigenvalue weighted by Crippen LogP contribution is 1.92. The van der Waals surface area contributed by atoms with Crippen LogP contribution in [0.3, 0.4) is 0 Å². The minimum absolute atomic E-state index is 0.0185. The van der Waals surface area contributed by atoms with Gasteiger partial charge >= 0.3 is 0 Å². The van der Waals surface area contributed by atoms with Gasteiger partial charge in [-0.15, -0.1) is 0 Å². The second-order valence-corrected chi connectivity index (χ2v) is 2.10. The van der Waals surface area contributed by atoms with Gasteiger partial charge in [-0.2, -0.15) is 0 Å². The molecule has 0 spiro atoms. The minimum Gasteiger partial charge on any atom is -0.395 e. The summed E-state index contributed by atoms with van der Waals surface area (Å²) in [6, 6.07) is 0. The molecule has 0 aliphatic carbocycles. The molecule has 0 heterocycles. The molecule has 6 heteroatoms. The Bertz CT molecular complexity index is 125. The fourth-order valence-electron chi connectivity index (χ4n) is 0.475. The van der Waals surface area contributed by atoms with E-state index in [1.165, 1.54) is 0 Å². The molecule has 0 bridgehead atoms. The van der Waals surface area contributed by atoms with Gasteiger partial charge in [0.05, 0.1) is 32.3 Å². The van der Waals surface area contributed by atoms with Crippen LogP contribution in [0.25, 0.3) is 0 Å². The molecular formula is C6H13NO5. The molecule has 0 unspecified atom stereocenters. The van der Waals surface area contributed by atoms with Crippen LogP contribution in [0, 0.1) is 5.92 Å². The summed E-state index contributed by atoms with van der Waals surface area (Å²) in [7, 11) is 0. The van der Waals surface area contributed by atoms with Crippen LogP contribution in [-0.4, -0.2) is 47.7 Å². The zero-order valence-electron chi connectivity index (χ0n) is 6.56. The minimum atomic E-state index is -0.872. The van der Waals surface area contributed by atoms with E-state index in [9.17, 15) is 4.79 Å². The fraction of sp³-hybridized carbons (Fsp3) is 0.833. The third-order valence-corrected chi connectivity index (χ3v) is 1.18. The molecule has 0 aliphatic heterocycles. The topological polar surface area (TPSA) is 99.0 Å². The van der Waals surface area contributed by atoms with E-state index in [1.54, 1.807) is 0 Å². The van der Waals surface area contributed by atoms with Crippen molar-refractivity contribution in [2.75, 3.05) is 26.4 Å². The van der Waals surface area contributed by atoms with Gasteiger partial charge in [0.2, 0.25) is 0 Å². The van der Waals surface area contributed by atoms with E-state index in [1.807, 2.05) is 5.48 Å². The summed E-state index contributed by atoms with van der Waals surface area (Å²) in [5.41, 5.74) is 1.97. The standard InChI is InChI=1S/C6H13NO5/c8-1-2-12-7-6(11)5(3-9)4-10/h5,8-10H,1-4H2,(H,7,11). The van der Waals surface area contributed by atoms with Crippen LogP contribution < -0.4 is 5.48 Å². The van der Waals surface area contributed by atoms with E-state index >= 15 is 0 Å². The van der Waals surface area contributed by atoms with Gasteiger partial charge in [0, 0.05) is 0 Å². The van der Waals surface area contributed by atoms with Gasteiger partial charge in [-0.1, -0.05) is 0 Å². The highest BCUT2D eigenvalue weighted by molar-refractivity contribution is 5.77. The van der Waals surface area contributed by atoms with Crippen LogP contribution in [-0.2, 0) is 9.63 Å². The van der Waals surface area contributed by atoms with Gasteiger partial charge in [0.1, 0.15) is 0 Å². The maximum Gasteiger partial charge on any atom is 0.251 e. The molecule has 0 fully saturated rings. The maximum atomic E-state index is 10.8. The summed E-state index contributed by atoms with van der Waals surface area (Å²) in [6.45, 7) is -1.10. The number of carbonyl (C=O) groups excluding carboxylic acids is 1. The molecule has 0 atom stereocenters. The molecular weight excluding hydrogens is 166 g/mol. The molecule has 0 aromatic heterocycles. The number of rotatable bonds is 6. The van der Waals surface area contributed by atoms with E-state index in [0.29, 0.717) is 0 Å². The lowest BCUT2D eigenvalue weighted by Gasteiger charge is -2.10. The average Bonchev–Trinajstić information content (AvgIpc) is 2.07. The molecule has 12 heavy (non-hydrogen) atoms.